The highest BCUT2D eigenvalue weighted by molar-refractivity contribution is 7.18. The zero-order valence-electron chi connectivity index (χ0n) is 12.8. The highest BCUT2D eigenvalue weighted by Crippen LogP contribution is 2.37. The van der Waals surface area contributed by atoms with Crippen molar-refractivity contribution < 1.29 is 0 Å². The molecule has 0 unspecified atom stereocenters. The van der Waals surface area contributed by atoms with Crippen LogP contribution in [0.3, 0.4) is 0 Å². The minimum absolute atomic E-state index is 0.374. The average Bonchev–Trinajstić information content (AvgIpc) is 3.21. The van der Waals surface area contributed by atoms with Crippen molar-refractivity contribution in [1.82, 2.24) is 9.88 Å². The third-order valence-corrected chi connectivity index (χ3v) is 5.61. The molecule has 0 bridgehead atoms. The molecular weight excluding hydrogens is 302 g/mol. The Kier molecular flexibility index (Phi) is 3.82. The first-order chi connectivity index (χ1) is 11.3. The van der Waals surface area contributed by atoms with Crippen molar-refractivity contribution in [3.63, 3.8) is 0 Å². The number of para-hydroxylation sites is 1. The molecule has 2 heterocycles. The smallest absolute Gasteiger partial charge is 0.111 e. The molecule has 1 fully saturated rings. The summed E-state index contributed by atoms with van der Waals surface area (Å²) < 4.78 is 1.26. The summed E-state index contributed by atoms with van der Waals surface area (Å²) in [6.07, 6.45) is 2.34. The lowest BCUT2D eigenvalue weighted by atomic mass is 10.1. The molecular formula is C19H17N3S. The lowest BCUT2D eigenvalue weighted by Crippen LogP contribution is -2.23. The number of nitrogens with zero attached hydrogens (tertiary/aromatic N) is 3. The van der Waals surface area contributed by atoms with Gasteiger partial charge in [0.2, 0.25) is 0 Å². The number of benzene rings is 2. The molecule has 1 aliphatic heterocycles. The third kappa shape index (κ3) is 2.74. The van der Waals surface area contributed by atoms with Crippen LogP contribution in [-0.2, 0) is 6.54 Å². The summed E-state index contributed by atoms with van der Waals surface area (Å²) in [5.74, 6) is 0. The van der Waals surface area contributed by atoms with Crippen LogP contribution >= 0.6 is 11.3 Å². The molecule has 1 atom stereocenters. The fraction of sp³-hybridized carbons (Fsp3) is 0.263. The third-order valence-electron chi connectivity index (χ3n) is 4.47. The van der Waals surface area contributed by atoms with E-state index in [0.29, 0.717) is 6.04 Å². The Balaban J connectivity index is 1.63. The monoisotopic (exact) mass is 319 g/mol. The van der Waals surface area contributed by atoms with Gasteiger partial charge in [-0.25, -0.2) is 4.98 Å². The highest BCUT2D eigenvalue weighted by atomic mass is 32.1. The van der Waals surface area contributed by atoms with Gasteiger partial charge < -0.3 is 0 Å². The van der Waals surface area contributed by atoms with E-state index in [1.807, 2.05) is 24.3 Å². The van der Waals surface area contributed by atoms with E-state index in [-0.39, 0.29) is 0 Å². The Morgan fingerprint density at radius 3 is 2.87 bits per heavy atom. The molecule has 0 amide bonds. The van der Waals surface area contributed by atoms with Crippen molar-refractivity contribution in [2.45, 2.75) is 25.4 Å². The number of likely N-dealkylation sites (tertiary alicyclic amines) is 1. The van der Waals surface area contributed by atoms with Crippen molar-refractivity contribution in [1.29, 1.82) is 5.26 Å². The van der Waals surface area contributed by atoms with Crippen LogP contribution in [0.4, 0.5) is 0 Å². The standard InChI is InChI=1S/C19H17N3S/c20-12-14-6-1-2-7-15(14)13-22-11-5-9-17(22)19-21-16-8-3-4-10-18(16)23-19/h1-4,6-8,10,17H,5,9,11,13H2/t17-/m0/s1. The van der Waals surface area contributed by atoms with Gasteiger partial charge in [-0.1, -0.05) is 30.3 Å². The van der Waals surface area contributed by atoms with Crippen LogP contribution in [0.2, 0.25) is 0 Å². The van der Waals surface area contributed by atoms with Gasteiger partial charge in [0.1, 0.15) is 5.01 Å². The van der Waals surface area contributed by atoms with Gasteiger partial charge in [0, 0.05) is 6.54 Å². The summed E-state index contributed by atoms with van der Waals surface area (Å²) in [7, 11) is 0. The number of rotatable bonds is 3. The Morgan fingerprint density at radius 2 is 2.00 bits per heavy atom. The molecule has 3 aromatic rings. The van der Waals surface area contributed by atoms with E-state index in [4.69, 9.17) is 4.98 Å². The maximum absolute atomic E-state index is 9.29. The second-order valence-electron chi connectivity index (χ2n) is 5.92. The van der Waals surface area contributed by atoms with E-state index in [1.54, 1.807) is 11.3 Å². The van der Waals surface area contributed by atoms with Gasteiger partial charge in [-0.3, -0.25) is 4.90 Å². The maximum atomic E-state index is 9.29. The van der Waals surface area contributed by atoms with Crippen molar-refractivity contribution in [2.75, 3.05) is 6.54 Å². The van der Waals surface area contributed by atoms with Crippen molar-refractivity contribution in [3.05, 3.63) is 64.7 Å². The molecule has 2 aromatic carbocycles. The number of hydrogen-bond donors (Lipinski definition) is 0. The first-order valence-electron chi connectivity index (χ1n) is 7.92. The summed E-state index contributed by atoms with van der Waals surface area (Å²) in [5, 5.41) is 10.5. The Bertz CT molecular complexity index is 844. The molecule has 23 heavy (non-hydrogen) atoms. The Morgan fingerprint density at radius 1 is 1.17 bits per heavy atom. The van der Waals surface area contributed by atoms with Crippen molar-refractivity contribution in [3.8, 4) is 6.07 Å². The Hall–Kier alpha value is -2.22. The van der Waals surface area contributed by atoms with Crippen molar-refractivity contribution >= 4 is 21.6 Å². The quantitative estimate of drug-likeness (QED) is 0.713. The molecule has 3 nitrogen and oxygen atoms in total. The largest absolute Gasteiger partial charge is 0.290 e. The van der Waals surface area contributed by atoms with Crippen LogP contribution in [0.15, 0.2) is 48.5 Å². The van der Waals surface area contributed by atoms with Gasteiger partial charge >= 0.3 is 0 Å². The molecule has 4 heteroatoms. The topological polar surface area (TPSA) is 39.9 Å². The lowest BCUT2D eigenvalue weighted by Gasteiger charge is -2.23. The predicted molar refractivity (Wildman–Crippen MR) is 93.2 cm³/mol. The molecule has 0 spiro atoms. The minimum atomic E-state index is 0.374. The molecule has 0 N–H and O–H groups in total. The zero-order chi connectivity index (χ0) is 15.6. The minimum Gasteiger partial charge on any atom is -0.290 e. The van der Waals surface area contributed by atoms with E-state index in [0.717, 1.165) is 36.2 Å². The van der Waals surface area contributed by atoms with E-state index in [1.165, 1.54) is 16.1 Å². The Labute approximate surface area is 139 Å². The van der Waals surface area contributed by atoms with E-state index in [9.17, 15) is 5.26 Å². The van der Waals surface area contributed by atoms with Crippen LogP contribution in [0.25, 0.3) is 10.2 Å². The molecule has 0 radical (unpaired) electrons. The van der Waals surface area contributed by atoms with Crippen molar-refractivity contribution in [2.24, 2.45) is 0 Å². The molecule has 1 aliphatic rings. The fourth-order valence-electron chi connectivity index (χ4n) is 3.31. The summed E-state index contributed by atoms with van der Waals surface area (Å²) in [4.78, 5) is 7.31. The van der Waals surface area contributed by atoms with Crippen LogP contribution in [0.5, 0.6) is 0 Å². The van der Waals surface area contributed by atoms with Crippen LogP contribution < -0.4 is 0 Å². The highest BCUT2D eigenvalue weighted by Gasteiger charge is 2.29. The fourth-order valence-corrected chi connectivity index (χ4v) is 4.45. The molecule has 1 saturated heterocycles. The predicted octanol–water partition coefficient (Wildman–Crippen LogP) is 4.51. The average molecular weight is 319 g/mol. The zero-order valence-corrected chi connectivity index (χ0v) is 13.6. The normalized spacial score (nSPS) is 18.3. The van der Waals surface area contributed by atoms with Gasteiger partial charge in [0.05, 0.1) is 27.9 Å². The van der Waals surface area contributed by atoms with Gasteiger partial charge in [-0.2, -0.15) is 5.26 Å². The second-order valence-corrected chi connectivity index (χ2v) is 6.98. The SMILES string of the molecule is N#Cc1ccccc1CN1CCC[C@H]1c1nc2ccccc2s1. The second kappa shape index (κ2) is 6.11. The summed E-state index contributed by atoms with van der Waals surface area (Å²) in [6, 6.07) is 18.9. The number of nitriles is 1. The molecule has 1 aromatic heterocycles. The molecule has 114 valence electrons. The maximum Gasteiger partial charge on any atom is 0.111 e. The summed E-state index contributed by atoms with van der Waals surface area (Å²) in [6.45, 7) is 1.89. The van der Waals surface area contributed by atoms with Gasteiger partial charge in [-0.05, 0) is 43.1 Å². The van der Waals surface area contributed by atoms with Crippen LogP contribution in [0, 0.1) is 11.3 Å². The number of fused-ring (bicyclic) bond motifs is 1. The molecule has 4 rings (SSSR count). The molecule has 0 saturated carbocycles. The summed E-state index contributed by atoms with van der Waals surface area (Å²) >= 11 is 1.80. The number of aromatic nitrogens is 1. The van der Waals surface area contributed by atoms with Gasteiger partial charge in [0.25, 0.3) is 0 Å². The lowest BCUT2D eigenvalue weighted by molar-refractivity contribution is 0.248. The summed E-state index contributed by atoms with van der Waals surface area (Å²) in [5.41, 5.74) is 2.99. The van der Waals surface area contributed by atoms with Gasteiger partial charge in [-0.15, -0.1) is 11.3 Å². The number of thiazole rings is 1. The van der Waals surface area contributed by atoms with E-state index in [2.05, 4.69) is 35.2 Å². The van der Waals surface area contributed by atoms with Gasteiger partial charge in [0.15, 0.2) is 0 Å². The molecule has 0 aliphatic carbocycles. The first kappa shape index (κ1) is 14.4. The number of hydrogen-bond acceptors (Lipinski definition) is 4. The van der Waals surface area contributed by atoms with E-state index < -0.39 is 0 Å². The van der Waals surface area contributed by atoms with Crippen LogP contribution in [0.1, 0.15) is 35.0 Å². The first-order valence-corrected chi connectivity index (χ1v) is 8.74. The van der Waals surface area contributed by atoms with Crippen LogP contribution in [-0.4, -0.2) is 16.4 Å². The van der Waals surface area contributed by atoms with E-state index >= 15 is 0 Å².